The Hall–Kier alpha value is -0.400. The van der Waals surface area contributed by atoms with Crippen molar-refractivity contribution in [1.29, 1.82) is 0 Å². The van der Waals surface area contributed by atoms with E-state index in [1.54, 1.807) is 10.8 Å². The standard InChI is InChI=1S/C23H34O5S2/c1-12(24)27-17-11-19-22(4)16-8-9-21(3)15(5-6-18(21)28-13(2)25)14(16)7-10-23(22,26)20(17)30-29-19/h14-20,26H,5-11H2,1-4H3/t14-,15-,16-,17+,18-,19-,20+,21-,22-,23-/m0/s1. The average Bonchev–Trinajstić information content (AvgIpc) is 2.99. The van der Waals surface area contributed by atoms with E-state index in [1.807, 2.05) is 10.8 Å². The third-order valence-electron chi connectivity index (χ3n) is 9.74. The second kappa shape index (κ2) is 7.05. The average molecular weight is 455 g/mol. The predicted molar refractivity (Wildman–Crippen MR) is 118 cm³/mol. The van der Waals surface area contributed by atoms with E-state index in [-0.39, 0.29) is 40.2 Å². The number of ether oxygens (including phenoxy) is 2. The molecule has 0 radical (unpaired) electrons. The second-order valence-electron chi connectivity index (χ2n) is 10.8. The van der Waals surface area contributed by atoms with Crippen molar-refractivity contribution in [2.75, 3.05) is 0 Å². The monoisotopic (exact) mass is 454 g/mol. The van der Waals surface area contributed by atoms with Crippen LogP contribution in [-0.2, 0) is 19.1 Å². The first-order valence-electron chi connectivity index (χ1n) is 11.5. The number of carbonyl (C=O) groups is 2. The van der Waals surface area contributed by atoms with Crippen LogP contribution in [0.2, 0.25) is 0 Å². The molecule has 0 unspecified atom stereocenters. The minimum atomic E-state index is -0.783. The molecule has 0 amide bonds. The first kappa shape index (κ1) is 21.4. The molecule has 0 spiro atoms. The van der Waals surface area contributed by atoms with Gasteiger partial charge in [0.25, 0.3) is 0 Å². The maximum absolute atomic E-state index is 12.1. The maximum Gasteiger partial charge on any atom is 0.302 e. The van der Waals surface area contributed by atoms with Crippen LogP contribution in [0.4, 0.5) is 0 Å². The van der Waals surface area contributed by atoms with E-state index in [4.69, 9.17) is 9.47 Å². The summed E-state index contributed by atoms with van der Waals surface area (Å²) < 4.78 is 11.4. The van der Waals surface area contributed by atoms with Crippen molar-refractivity contribution in [1.82, 2.24) is 0 Å². The first-order chi connectivity index (χ1) is 14.1. The zero-order valence-electron chi connectivity index (χ0n) is 18.4. The van der Waals surface area contributed by atoms with E-state index in [9.17, 15) is 14.7 Å². The fraction of sp³-hybridized carbons (Fsp3) is 0.913. The van der Waals surface area contributed by atoms with Gasteiger partial charge in [-0.15, -0.1) is 0 Å². The zero-order chi connectivity index (χ0) is 21.5. The summed E-state index contributed by atoms with van der Waals surface area (Å²) in [4.78, 5) is 23.4. The third kappa shape index (κ3) is 2.73. The summed E-state index contributed by atoms with van der Waals surface area (Å²) in [7, 11) is 3.66. The van der Waals surface area contributed by atoms with Gasteiger partial charge in [0, 0.05) is 29.9 Å². The van der Waals surface area contributed by atoms with Gasteiger partial charge in [-0.3, -0.25) is 9.59 Å². The van der Waals surface area contributed by atoms with Crippen molar-refractivity contribution in [3.8, 4) is 0 Å². The van der Waals surface area contributed by atoms with Crippen LogP contribution in [0.1, 0.15) is 72.6 Å². The van der Waals surface area contributed by atoms with Crippen LogP contribution in [0.3, 0.4) is 0 Å². The molecule has 6 fully saturated rings. The van der Waals surface area contributed by atoms with Crippen molar-refractivity contribution in [3.63, 3.8) is 0 Å². The van der Waals surface area contributed by atoms with Gasteiger partial charge in [-0.2, -0.15) is 0 Å². The number of esters is 2. The van der Waals surface area contributed by atoms with Crippen LogP contribution in [-0.4, -0.2) is 45.4 Å². The molecule has 4 saturated carbocycles. The predicted octanol–water partition coefficient (Wildman–Crippen LogP) is 4.36. The van der Waals surface area contributed by atoms with Crippen molar-refractivity contribution < 1.29 is 24.2 Å². The highest BCUT2D eigenvalue weighted by Crippen LogP contribution is 2.73. The third-order valence-corrected chi connectivity index (χ3v) is 13.3. The Morgan fingerprint density at radius 3 is 2.37 bits per heavy atom. The van der Waals surface area contributed by atoms with Gasteiger partial charge in [0.2, 0.25) is 0 Å². The van der Waals surface area contributed by atoms with Crippen molar-refractivity contribution in [3.05, 3.63) is 0 Å². The van der Waals surface area contributed by atoms with Gasteiger partial charge in [0.05, 0.1) is 10.9 Å². The highest BCUT2D eigenvalue weighted by Gasteiger charge is 2.73. The molecule has 6 rings (SSSR count). The Kier molecular flexibility index (Phi) is 5.04. The molecule has 4 aliphatic carbocycles. The van der Waals surface area contributed by atoms with Crippen molar-refractivity contribution in [2.24, 2.45) is 28.6 Å². The van der Waals surface area contributed by atoms with Gasteiger partial charge in [0.1, 0.15) is 12.2 Å². The van der Waals surface area contributed by atoms with E-state index in [1.165, 1.54) is 13.8 Å². The molecular weight excluding hydrogens is 420 g/mol. The van der Waals surface area contributed by atoms with E-state index in [2.05, 4.69) is 13.8 Å². The fourth-order valence-electron chi connectivity index (χ4n) is 8.34. The molecule has 5 nitrogen and oxygen atoms in total. The number of carbonyl (C=O) groups excluding carboxylic acids is 2. The van der Waals surface area contributed by atoms with Crippen LogP contribution < -0.4 is 0 Å². The lowest BCUT2D eigenvalue weighted by Gasteiger charge is -2.69. The summed E-state index contributed by atoms with van der Waals surface area (Å²) in [6.45, 7) is 7.67. The molecule has 1 N–H and O–H groups in total. The number of hydrogen-bond donors (Lipinski definition) is 1. The molecule has 0 aromatic rings. The number of hydrogen-bond acceptors (Lipinski definition) is 7. The molecular formula is C23H34O5S2. The molecule has 7 heteroatoms. The lowest BCUT2D eigenvalue weighted by molar-refractivity contribution is -0.219. The highest BCUT2D eigenvalue weighted by molar-refractivity contribution is 8.77. The molecule has 2 saturated heterocycles. The van der Waals surface area contributed by atoms with E-state index in [0.717, 1.165) is 44.9 Å². The molecule has 6 aliphatic rings. The van der Waals surface area contributed by atoms with Gasteiger partial charge in [0.15, 0.2) is 0 Å². The molecule has 0 aromatic carbocycles. The van der Waals surface area contributed by atoms with Crippen LogP contribution in [0, 0.1) is 28.6 Å². The first-order valence-corrected chi connectivity index (χ1v) is 13.8. The minimum absolute atomic E-state index is 0.0376. The molecule has 2 bridgehead atoms. The van der Waals surface area contributed by atoms with E-state index in [0.29, 0.717) is 23.0 Å². The van der Waals surface area contributed by atoms with Gasteiger partial charge in [-0.1, -0.05) is 35.4 Å². The lowest BCUT2D eigenvalue weighted by atomic mass is 9.43. The Bertz CT molecular complexity index is 760. The van der Waals surface area contributed by atoms with Crippen molar-refractivity contribution in [2.45, 2.75) is 101 Å². The van der Waals surface area contributed by atoms with E-state index >= 15 is 0 Å². The summed E-state index contributed by atoms with van der Waals surface area (Å²) in [5.41, 5.74) is -0.878. The zero-order valence-corrected chi connectivity index (χ0v) is 20.0. The lowest BCUT2D eigenvalue weighted by Crippen LogP contribution is -2.74. The molecule has 2 heterocycles. The normalized spacial score (nSPS) is 54.0. The summed E-state index contributed by atoms with van der Waals surface area (Å²) >= 11 is 0. The molecule has 168 valence electrons. The smallest absolute Gasteiger partial charge is 0.302 e. The Balaban J connectivity index is 1.45. The van der Waals surface area contributed by atoms with Gasteiger partial charge < -0.3 is 14.6 Å². The van der Waals surface area contributed by atoms with Crippen LogP contribution in [0.25, 0.3) is 0 Å². The maximum atomic E-state index is 12.1. The minimum Gasteiger partial charge on any atom is -0.462 e. The molecule has 0 aromatic heterocycles. The number of fused-ring (bicyclic) bond motifs is 5. The van der Waals surface area contributed by atoms with Crippen LogP contribution in [0.15, 0.2) is 0 Å². The Morgan fingerprint density at radius 1 is 0.933 bits per heavy atom. The Labute approximate surface area is 187 Å². The summed E-state index contributed by atoms with van der Waals surface area (Å²) in [6, 6.07) is 0. The molecule has 2 aliphatic heterocycles. The van der Waals surface area contributed by atoms with Gasteiger partial charge >= 0.3 is 11.9 Å². The largest absolute Gasteiger partial charge is 0.462 e. The highest BCUT2D eigenvalue weighted by atomic mass is 33.1. The molecule has 10 atom stereocenters. The SMILES string of the molecule is CC(=O)O[C@H]1CC[C@H]2[C@@H]3CC[C@]4(O)[C@@H]5SS[C@@H](C[C@H]5OC(C)=O)[C@]4(C)[C@H]3CC[C@]12C. The van der Waals surface area contributed by atoms with Crippen LogP contribution in [0.5, 0.6) is 0 Å². The van der Waals surface area contributed by atoms with Crippen LogP contribution >= 0.6 is 21.6 Å². The van der Waals surface area contributed by atoms with Crippen molar-refractivity contribution >= 4 is 33.5 Å². The summed E-state index contributed by atoms with van der Waals surface area (Å²) in [6.07, 6.45) is 6.74. The summed E-state index contributed by atoms with van der Waals surface area (Å²) in [5.74, 6) is 1.21. The fourth-order valence-corrected chi connectivity index (χ4v) is 12.7. The number of aliphatic hydroxyl groups is 1. The number of rotatable bonds is 2. The van der Waals surface area contributed by atoms with Gasteiger partial charge in [-0.05, 0) is 62.7 Å². The summed E-state index contributed by atoms with van der Waals surface area (Å²) in [5, 5.41) is 12.4. The van der Waals surface area contributed by atoms with Gasteiger partial charge in [-0.25, -0.2) is 0 Å². The Morgan fingerprint density at radius 2 is 1.67 bits per heavy atom. The van der Waals surface area contributed by atoms with E-state index < -0.39 is 5.60 Å². The quantitative estimate of drug-likeness (QED) is 0.491. The molecule has 30 heavy (non-hydrogen) atoms. The topological polar surface area (TPSA) is 72.8 Å². The second-order valence-corrected chi connectivity index (χ2v) is 13.4.